The molecule has 0 spiro atoms. The number of hydrogen-bond acceptors (Lipinski definition) is 5. The minimum absolute atomic E-state index is 0.0354. The zero-order chi connectivity index (χ0) is 19.6. The first kappa shape index (κ1) is 19.2. The van der Waals surface area contributed by atoms with Gasteiger partial charge in [-0.2, -0.15) is 0 Å². The van der Waals surface area contributed by atoms with Crippen LogP contribution >= 0.6 is 34.5 Å². The molecule has 2 aromatic heterocycles. The first-order valence-corrected chi connectivity index (χ1v) is 9.13. The van der Waals surface area contributed by atoms with Crippen LogP contribution in [0.5, 0.6) is 0 Å². The van der Waals surface area contributed by atoms with Crippen molar-refractivity contribution in [1.29, 1.82) is 0 Å². The second-order valence-corrected chi connectivity index (χ2v) is 6.98. The molecule has 138 valence electrons. The van der Waals surface area contributed by atoms with Crippen LogP contribution in [0, 0.1) is 5.82 Å². The molecule has 2 N–H and O–H groups in total. The summed E-state index contributed by atoms with van der Waals surface area (Å²) in [7, 11) is 0. The minimum Gasteiger partial charge on any atom is -0.326 e. The number of nitrogens with one attached hydrogen (secondary N) is 2. The van der Waals surface area contributed by atoms with E-state index in [4.69, 9.17) is 23.2 Å². The first-order chi connectivity index (χ1) is 12.8. The second kappa shape index (κ2) is 7.99. The van der Waals surface area contributed by atoms with Gasteiger partial charge in [0.05, 0.1) is 10.7 Å². The predicted octanol–water partition coefficient (Wildman–Crippen LogP) is 4.86. The van der Waals surface area contributed by atoms with Crippen LogP contribution in [0.4, 0.5) is 15.2 Å². The van der Waals surface area contributed by atoms with Crippen LogP contribution in [0.2, 0.25) is 10.2 Å². The monoisotopic (exact) mass is 424 g/mol. The first-order valence-electron chi connectivity index (χ1n) is 7.50. The fraction of sp³-hybridized carbons (Fsp3) is 0.0588. The molecule has 0 fully saturated rings. The van der Waals surface area contributed by atoms with Crippen molar-refractivity contribution in [3.05, 3.63) is 57.4 Å². The van der Waals surface area contributed by atoms with E-state index in [0.717, 1.165) is 11.3 Å². The van der Waals surface area contributed by atoms with Crippen molar-refractivity contribution in [2.75, 3.05) is 10.6 Å². The summed E-state index contributed by atoms with van der Waals surface area (Å²) in [6.07, 6.45) is 0. The zero-order valence-corrected chi connectivity index (χ0v) is 16.0. The number of hydrogen-bond donors (Lipinski definition) is 2. The number of nitrogens with zero attached hydrogens (tertiary/aromatic N) is 2. The summed E-state index contributed by atoms with van der Waals surface area (Å²) in [5.41, 5.74) is 0.882. The molecule has 0 bridgehead atoms. The highest BCUT2D eigenvalue weighted by Gasteiger charge is 2.16. The Morgan fingerprint density at radius 1 is 1.11 bits per heavy atom. The van der Waals surface area contributed by atoms with Crippen LogP contribution in [-0.4, -0.2) is 21.8 Å². The van der Waals surface area contributed by atoms with Crippen LogP contribution in [0.3, 0.4) is 0 Å². The highest BCUT2D eigenvalue weighted by molar-refractivity contribution is 7.14. The molecule has 0 aliphatic rings. The van der Waals surface area contributed by atoms with E-state index in [1.165, 1.54) is 31.2 Å². The molecule has 2 amide bonds. The summed E-state index contributed by atoms with van der Waals surface area (Å²) in [5, 5.41) is 7.18. The van der Waals surface area contributed by atoms with Crippen molar-refractivity contribution in [2.45, 2.75) is 6.92 Å². The number of aromatic nitrogens is 2. The lowest BCUT2D eigenvalue weighted by Crippen LogP contribution is -2.14. The molecule has 0 aliphatic carbocycles. The summed E-state index contributed by atoms with van der Waals surface area (Å²) in [6, 6.07) is 7.19. The molecule has 3 rings (SSSR count). The van der Waals surface area contributed by atoms with Crippen molar-refractivity contribution >= 4 is 57.2 Å². The largest absolute Gasteiger partial charge is 0.326 e. The van der Waals surface area contributed by atoms with Gasteiger partial charge in [0.25, 0.3) is 5.91 Å². The maximum absolute atomic E-state index is 14.3. The number of halogens is 3. The van der Waals surface area contributed by atoms with Gasteiger partial charge >= 0.3 is 0 Å². The SMILES string of the molecule is CC(=O)Nc1ccc(-c2csc(NC(=O)c3nc(Cl)ccc3Cl)n2)c(F)c1. The van der Waals surface area contributed by atoms with E-state index in [-0.39, 0.29) is 32.5 Å². The van der Waals surface area contributed by atoms with E-state index in [1.807, 2.05) is 0 Å². The zero-order valence-electron chi connectivity index (χ0n) is 13.7. The van der Waals surface area contributed by atoms with E-state index in [1.54, 1.807) is 11.4 Å². The average molecular weight is 425 g/mol. The molecule has 0 saturated carbocycles. The molecule has 27 heavy (non-hydrogen) atoms. The van der Waals surface area contributed by atoms with Crippen molar-refractivity contribution in [2.24, 2.45) is 0 Å². The number of carbonyl (C=O) groups excluding carboxylic acids is 2. The van der Waals surface area contributed by atoms with E-state index in [2.05, 4.69) is 20.6 Å². The molecular formula is C17H11Cl2FN4O2S. The van der Waals surface area contributed by atoms with Gasteiger partial charge in [-0.05, 0) is 30.3 Å². The molecule has 3 aromatic rings. The summed E-state index contributed by atoms with van der Waals surface area (Å²) < 4.78 is 14.3. The maximum Gasteiger partial charge on any atom is 0.277 e. The maximum atomic E-state index is 14.3. The average Bonchev–Trinajstić information content (AvgIpc) is 3.04. The number of thiazole rings is 1. The molecule has 10 heteroatoms. The Kier molecular flexibility index (Phi) is 5.69. The number of benzene rings is 1. The Labute approximate surface area is 167 Å². The minimum atomic E-state index is -0.579. The third-order valence-corrected chi connectivity index (χ3v) is 4.59. The van der Waals surface area contributed by atoms with Gasteiger partial charge in [-0.15, -0.1) is 11.3 Å². The summed E-state index contributed by atoms with van der Waals surface area (Å²) in [6.45, 7) is 1.34. The Morgan fingerprint density at radius 2 is 1.89 bits per heavy atom. The second-order valence-electron chi connectivity index (χ2n) is 5.33. The van der Waals surface area contributed by atoms with E-state index in [0.29, 0.717) is 11.4 Å². The summed E-state index contributed by atoms with van der Waals surface area (Å²) >= 11 is 12.8. The summed E-state index contributed by atoms with van der Waals surface area (Å²) in [5.74, 6) is -1.43. The van der Waals surface area contributed by atoms with Gasteiger partial charge in [-0.25, -0.2) is 14.4 Å². The lowest BCUT2D eigenvalue weighted by molar-refractivity contribution is -0.114. The van der Waals surface area contributed by atoms with Crippen molar-refractivity contribution < 1.29 is 14.0 Å². The Balaban J connectivity index is 1.80. The molecular weight excluding hydrogens is 414 g/mol. The van der Waals surface area contributed by atoms with Gasteiger partial charge in [0.1, 0.15) is 16.7 Å². The number of amides is 2. The normalized spacial score (nSPS) is 10.5. The predicted molar refractivity (Wildman–Crippen MR) is 104 cm³/mol. The molecule has 0 radical (unpaired) electrons. The van der Waals surface area contributed by atoms with Crippen molar-refractivity contribution in [1.82, 2.24) is 9.97 Å². The van der Waals surface area contributed by atoms with Gasteiger partial charge in [0, 0.05) is 23.6 Å². The van der Waals surface area contributed by atoms with E-state index < -0.39 is 11.7 Å². The van der Waals surface area contributed by atoms with Crippen LogP contribution in [-0.2, 0) is 4.79 Å². The number of pyridine rings is 1. The van der Waals surface area contributed by atoms with E-state index >= 15 is 0 Å². The van der Waals surface area contributed by atoms with Gasteiger partial charge < -0.3 is 5.32 Å². The molecule has 0 saturated heterocycles. The fourth-order valence-electron chi connectivity index (χ4n) is 2.19. The summed E-state index contributed by atoms with van der Waals surface area (Å²) in [4.78, 5) is 31.4. The highest BCUT2D eigenvalue weighted by atomic mass is 35.5. The van der Waals surface area contributed by atoms with Gasteiger partial charge in [0.15, 0.2) is 5.13 Å². The number of anilines is 2. The van der Waals surface area contributed by atoms with E-state index in [9.17, 15) is 14.0 Å². The molecule has 1 aromatic carbocycles. The van der Waals surface area contributed by atoms with Crippen molar-refractivity contribution in [3.63, 3.8) is 0 Å². The number of carbonyl (C=O) groups is 2. The van der Waals surface area contributed by atoms with Gasteiger partial charge in [-0.3, -0.25) is 14.9 Å². The Hall–Kier alpha value is -2.55. The fourth-order valence-corrected chi connectivity index (χ4v) is 3.24. The molecule has 0 atom stereocenters. The molecule has 2 heterocycles. The molecule has 6 nitrogen and oxygen atoms in total. The van der Waals surface area contributed by atoms with Crippen LogP contribution in [0.15, 0.2) is 35.7 Å². The smallest absolute Gasteiger partial charge is 0.277 e. The van der Waals surface area contributed by atoms with Crippen LogP contribution < -0.4 is 10.6 Å². The Morgan fingerprint density at radius 3 is 2.59 bits per heavy atom. The topological polar surface area (TPSA) is 84.0 Å². The lowest BCUT2D eigenvalue weighted by Gasteiger charge is -2.05. The lowest BCUT2D eigenvalue weighted by atomic mass is 10.1. The third kappa shape index (κ3) is 4.60. The van der Waals surface area contributed by atoms with Crippen LogP contribution in [0.1, 0.15) is 17.4 Å². The highest BCUT2D eigenvalue weighted by Crippen LogP contribution is 2.29. The molecule has 0 unspecified atom stereocenters. The van der Waals surface area contributed by atoms with Gasteiger partial charge in [0.2, 0.25) is 5.91 Å². The standard InChI is InChI=1S/C17H11Cl2FN4O2S/c1-8(25)21-9-2-3-10(12(20)6-9)13-7-27-17(22-13)24-16(26)15-11(18)4-5-14(19)23-15/h2-7H,1H3,(H,21,25)(H,22,24,26). The van der Waals surface area contributed by atoms with Gasteiger partial charge in [-0.1, -0.05) is 23.2 Å². The number of rotatable bonds is 4. The quantitative estimate of drug-likeness (QED) is 0.585. The van der Waals surface area contributed by atoms with Crippen LogP contribution in [0.25, 0.3) is 11.3 Å². The van der Waals surface area contributed by atoms with Crippen molar-refractivity contribution in [3.8, 4) is 11.3 Å². The third-order valence-electron chi connectivity index (χ3n) is 3.32. The Bertz CT molecular complexity index is 1040. The molecule has 0 aliphatic heterocycles.